The Hall–Kier alpha value is -1.37. The van der Waals surface area contributed by atoms with Gasteiger partial charge in [-0.25, -0.2) is 9.18 Å². The van der Waals surface area contributed by atoms with E-state index in [9.17, 15) is 14.3 Å². The molecule has 1 aliphatic rings. The number of aliphatic hydroxyl groups is 1. The molecular weight excluding hydrogens is 285 g/mol. The molecule has 2 atom stereocenters. The number of amides is 2. The predicted octanol–water partition coefficient (Wildman–Crippen LogP) is 1.40. The van der Waals surface area contributed by atoms with Gasteiger partial charge in [-0.1, -0.05) is 6.07 Å². The van der Waals surface area contributed by atoms with Crippen LogP contribution >= 0.6 is 12.4 Å². The summed E-state index contributed by atoms with van der Waals surface area (Å²) in [4.78, 5) is 11.7. The summed E-state index contributed by atoms with van der Waals surface area (Å²) in [6.45, 7) is 2.92. The van der Waals surface area contributed by atoms with E-state index in [1.54, 1.807) is 19.1 Å². The third kappa shape index (κ3) is 4.33. The van der Waals surface area contributed by atoms with Crippen LogP contribution in [0.25, 0.3) is 0 Å². The van der Waals surface area contributed by atoms with E-state index in [0.29, 0.717) is 24.2 Å². The van der Waals surface area contributed by atoms with Crippen LogP contribution in [0.4, 0.5) is 14.9 Å². The summed E-state index contributed by atoms with van der Waals surface area (Å²) in [7, 11) is 0. The van der Waals surface area contributed by atoms with Crippen LogP contribution in [0.3, 0.4) is 0 Å². The molecule has 2 rings (SSSR count). The average Bonchev–Trinajstić information content (AvgIpc) is 2.37. The number of nitrogens with one attached hydrogen (secondary N) is 3. The number of halogens is 2. The number of hydrogen-bond acceptors (Lipinski definition) is 3. The van der Waals surface area contributed by atoms with Crippen LogP contribution in [0.5, 0.6) is 0 Å². The lowest BCUT2D eigenvalue weighted by Gasteiger charge is -2.29. The highest BCUT2D eigenvalue weighted by Crippen LogP contribution is 2.13. The van der Waals surface area contributed by atoms with Crippen molar-refractivity contribution in [2.75, 3.05) is 18.4 Å². The first-order valence-corrected chi connectivity index (χ1v) is 6.28. The molecule has 112 valence electrons. The van der Waals surface area contributed by atoms with E-state index in [1.807, 2.05) is 0 Å². The van der Waals surface area contributed by atoms with Gasteiger partial charge in [0.1, 0.15) is 5.82 Å². The van der Waals surface area contributed by atoms with Crippen LogP contribution in [0.2, 0.25) is 0 Å². The second kappa shape index (κ2) is 7.42. The molecular formula is C13H19ClFN3O2. The summed E-state index contributed by atoms with van der Waals surface area (Å²) in [5.74, 6) is -0.364. The average molecular weight is 304 g/mol. The highest BCUT2D eigenvalue weighted by molar-refractivity contribution is 5.89. The fourth-order valence-corrected chi connectivity index (χ4v) is 2.00. The molecule has 1 aromatic carbocycles. The number of carbonyl (C=O) groups excluding carboxylic acids is 1. The second-order valence-electron chi connectivity index (χ2n) is 4.73. The summed E-state index contributed by atoms with van der Waals surface area (Å²) in [5, 5.41) is 18.0. The van der Waals surface area contributed by atoms with E-state index in [4.69, 9.17) is 0 Å². The molecule has 0 radical (unpaired) electrons. The molecule has 0 unspecified atom stereocenters. The van der Waals surface area contributed by atoms with E-state index >= 15 is 0 Å². The van der Waals surface area contributed by atoms with Crippen molar-refractivity contribution in [3.05, 3.63) is 29.6 Å². The fourth-order valence-electron chi connectivity index (χ4n) is 2.00. The van der Waals surface area contributed by atoms with E-state index in [1.165, 1.54) is 6.07 Å². The molecule has 1 heterocycles. The van der Waals surface area contributed by atoms with E-state index in [0.717, 1.165) is 6.54 Å². The first-order valence-electron chi connectivity index (χ1n) is 6.28. The third-order valence-electron chi connectivity index (χ3n) is 3.19. The predicted molar refractivity (Wildman–Crippen MR) is 77.8 cm³/mol. The number of piperidine rings is 1. The van der Waals surface area contributed by atoms with Gasteiger partial charge in [-0.05, 0) is 37.6 Å². The molecule has 0 saturated carbocycles. The topological polar surface area (TPSA) is 73.4 Å². The summed E-state index contributed by atoms with van der Waals surface area (Å²) in [5.41, 5.74) is 0.914. The van der Waals surface area contributed by atoms with Crippen LogP contribution in [0.15, 0.2) is 18.2 Å². The van der Waals surface area contributed by atoms with Crippen LogP contribution < -0.4 is 16.0 Å². The molecule has 20 heavy (non-hydrogen) atoms. The highest BCUT2D eigenvalue weighted by atomic mass is 35.5. The van der Waals surface area contributed by atoms with E-state index < -0.39 is 12.1 Å². The number of carbonyl (C=O) groups is 1. The molecule has 0 spiro atoms. The molecule has 1 saturated heterocycles. The SMILES string of the molecule is Cc1ccc(NC(=O)N[C@@H]2CNCC[C@H]2O)cc1F.Cl. The van der Waals surface area contributed by atoms with Crippen molar-refractivity contribution in [1.82, 2.24) is 10.6 Å². The number of urea groups is 1. The largest absolute Gasteiger partial charge is 0.391 e. The smallest absolute Gasteiger partial charge is 0.319 e. The van der Waals surface area contributed by atoms with Crippen molar-refractivity contribution >= 4 is 24.1 Å². The third-order valence-corrected chi connectivity index (χ3v) is 3.19. The van der Waals surface area contributed by atoms with Gasteiger partial charge in [0, 0.05) is 12.2 Å². The summed E-state index contributed by atoms with van der Waals surface area (Å²) in [6, 6.07) is 3.72. The molecule has 1 aliphatic heterocycles. The molecule has 4 N–H and O–H groups in total. The number of anilines is 1. The Morgan fingerprint density at radius 3 is 2.90 bits per heavy atom. The Morgan fingerprint density at radius 1 is 1.50 bits per heavy atom. The Morgan fingerprint density at radius 2 is 2.25 bits per heavy atom. The first kappa shape index (κ1) is 16.7. The maximum Gasteiger partial charge on any atom is 0.319 e. The van der Waals surface area contributed by atoms with Crippen molar-refractivity contribution in [1.29, 1.82) is 0 Å². The Balaban J connectivity index is 0.00000200. The van der Waals surface area contributed by atoms with Crippen molar-refractivity contribution in [3.8, 4) is 0 Å². The van der Waals surface area contributed by atoms with Gasteiger partial charge in [0.2, 0.25) is 0 Å². The van der Waals surface area contributed by atoms with E-state index in [-0.39, 0.29) is 24.3 Å². The normalized spacial score (nSPS) is 21.8. The number of aliphatic hydroxyl groups excluding tert-OH is 1. The van der Waals surface area contributed by atoms with Gasteiger partial charge in [0.25, 0.3) is 0 Å². The first-order chi connectivity index (χ1) is 9.06. The standard InChI is InChI=1S/C13H18FN3O2.ClH/c1-8-2-3-9(6-10(8)14)16-13(19)17-11-7-15-5-4-12(11)18;/h2-3,6,11-12,15,18H,4-5,7H2,1H3,(H2,16,17,19);1H/t11-,12-;/m1./s1. The summed E-state index contributed by atoms with van der Waals surface area (Å²) in [6.07, 6.45) is 0.0474. The van der Waals surface area contributed by atoms with Gasteiger partial charge >= 0.3 is 6.03 Å². The Labute approximate surface area is 123 Å². The lowest BCUT2D eigenvalue weighted by atomic mass is 10.0. The van der Waals surface area contributed by atoms with Gasteiger partial charge in [-0.3, -0.25) is 0 Å². The monoisotopic (exact) mass is 303 g/mol. The number of rotatable bonds is 2. The van der Waals surface area contributed by atoms with Crippen LogP contribution in [-0.2, 0) is 0 Å². The zero-order valence-corrected chi connectivity index (χ0v) is 12.0. The molecule has 0 bridgehead atoms. The minimum absolute atomic E-state index is 0. The highest BCUT2D eigenvalue weighted by Gasteiger charge is 2.24. The quantitative estimate of drug-likeness (QED) is 0.667. The van der Waals surface area contributed by atoms with Crippen LogP contribution in [-0.4, -0.2) is 36.4 Å². The maximum atomic E-state index is 13.3. The zero-order chi connectivity index (χ0) is 13.8. The van der Waals surface area contributed by atoms with Crippen LogP contribution in [0.1, 0.15) is 12.0 Å². The van der Waals surface area contributed by atoms with Crippen molar-refractivity contribution in [2.45, 2.75) is 25.5 Å². The second-order valence-corrected chi connectivity index (χ2v) is 4.73. The number of benzene rings is 1. The van der Waals surface area contributed by atoms with Gasteiger partial charge in [0.05, 0.1) is 12.1 Å². The van der Waals surface area contributed by atoms with Crippen molar-refractivity contribution in [3.63, 3.8) is 0 Å². The van der Waals surface area contributed by atoms with Gasteiger partial charge < -0.3 is 21.1 Å². The fraction of sp³-hybridized carbons (Fsp3) is 0.462. The van der Waals surface area contributed by atoms with Gasteiger partial charge in [-0.15, -0.1) is 12.4 Å². The summed E-state index contributed by atoms with van der Waals surface area (Å²) >= 11 is 0. The molecule has 1 fully saturated rings. The molecule has 5 nitrogen and oxygen atoms in total. The lowest BCUT2D eigenvalue weighted by molar-refractivity contribution is 0.103. The van der Waals surface area contributed by atoms with Crippen molar-refractivity contribution in [2.24, 2.45) is 0 Å². The molecule has 0 aliphatic carbocycles. The van der Waals surface area contributed by atoms with Gasteiger partial charge in [0.15, 0.2) is 0 Å². The molecule has 0 aromatic heterocycles. The number of hydrogen-bond donors (Lipinski definition) is 4. The molecule has 1 aromatic rings. The zero-order valence-electron chi connectivity index (χ0n) is 11.1. The van der Waals surface area contributed by atoms with Crippen LogP contribution in [0, 0.1) is 12.7 Å². The van der Waals surface area contributed by atoms with Crippen molar-refractivity contribution < 1.29 is 14.3 Å². The minimum Gasteiger partial charge on any atom is -0.391 e. The number of aryl methyl sites for hydroxylation is 1. The van der Waals surface area contributed by atoms with Gasteiger partial charge in [-0.2, -0.15) is 0 Å². The molecule has 7 heteroatoms. The lowest BCUT2D eigenvalue weighted by Crippen LogP contribution is -2.54. The Bertz CT molecular complexity index is 473. The summed E-state index contributed by atoms with van der Waals surface area (Å²) < 4.78 is 13.3. The Kier molecular flexibility index (Phi) is 6.19. The van der Waals surface area contributed by atoms with E-state index in [2.05, 4.69) is 16.0 Å². The molecule has 2 amide bonds. The minimum atomic E-state index is -0.554. The maximum absolute atomic E-state index is 13.3.